The number of aryl methyl sites for hydroxylation is 17. The molecule has 0 N–H and O–H groups in total. The molecule has 12 aromatic carbocycles. The average molecular weight is 1500 g/mol. The molecule has 0 unspecified atom stereocenters. The topological polar surface area (TPSA) is 23.3 Å². The minimum Gasteiger partial charge on any atom is -0.200 e. The molecule has 6 aromatic heterocycles. The Morgan fingerprint density at radius 1 is 0.183 bits per heavy atom. The van der Waals surface area contributed by atoms with Crippen LogP contribution in [0.5, 0.6) is 0 Å². The summed E-state index contributed by atoms with van der Waals surface area (Å²) in [6.45, 7) is 28.2. The van der Waals surface area contributed by atoms with Crippen LogP contribution < -0.4 is 27.4 Å². The summed E-state index contributed by atoms with van der Waals surface area (Å²) in [4.78, 5) is 0. The first-order valence-electron chi connectivity index (χ1n) is 40.1. The van der Waals surface area contributed by atoms with E-state index in [4.69, 9.17) is 0 Å². The van der Waals surface area contributed by atoms with E-state index in [2.05, 4.69) is 482 Å². The van der Waals surface area contributed by atoms with Crippen LogP contribution >= 0.6 is 0 Å². The van der Waals surface area contributed by atoms with Gasteiger partial charge in [0.2, 0.25) is 34.2 Å². The Morgan fingerprint density at radius 3 is 1.04 bits per heavy atom. The van der Waals surface area contributed by atoms with Gasteiger partial charge in [-0.2, -0.15) is 4.57 Å². The van der Waals surface area contributed by atoms with Crippen molar-refractivity contribution in [3.05, 3.63) is 395 Å². The second-order valence-corrected chi connectivity index (χ2v) is 31.3. The van der Waals surface area contributed by atoms with Crippen LogP contribution in [-0.4, -0.2) is 0 Å². The highest BCUT2D eigenvalue weighted by atomic mass is 15.0. The maximum Gasteiger partial charge on any atom is 0.220 e. The predicted molar refractivity (Wildman–Crippen MR) is 485 cm³/mol. The van der Waals surface area contributed by atoms with Crippen LogP contribution in [0.15, 0.2) is 322 Å². The van der Waals surface area contributed by atoms with E-state index in [-0.39, 0.29) is 0 Å². The van der Waals surface area contributed by atoms with Gasteiger partial charge in [-0.1, -0.05) is 205 Å². The van der Waals surface area contributed by atoms with Crippen molar-refractivity contribution in [2.24, 2.45) is 42.3 Å². The monoisotopic (exact) mass is 1500 g/mol. The minimum atomic E-state index is 1.27. The molecule has 0 spiro atoms. The maximum atomic E-state index is 2.30. The first-order chi connectivity index (χ1) is 55.4. The van der Waals surface area contributed by atoms with Crippen molar-refractivity contribution < 1.29 is 27.4 Å². The highest BCUT2D eigenvalue weighted by Gasteiger charge is 2.24. The largest absolute Gasteiger partial charge is 0.220 e. The number of pyridine rings is 6. The van der Waals surface area contributed by atoms with Gasteiger partial charge in [-0.25, -0.2) is 22.8 Å². The van der Waals surface area contributed by atoms with Gasteiger partial charge in [0.25, 0.3) is 0 Å². The molecule has 115 heavy (non-hydrogen) atoms. The van der Waals surface area contributed by atoms with Crippen LogP contribution in [0.3, 0.4) is 0 Å². The SMILES string of the molecule is Cc1cc(C)c(C)c(-c2c3ccccc3cc[n+]2C)c1.Cc1ccc2c(-c3ccccc3C)[n+](C)ccc2c1.Cc1ccc2cc[n+](C)c(-c3ccccc3C)c2c1.Cc1ccccc1-c1c2cccc(C)c2cc[n+]1C.Cc1ccccc1-c1c2ccccc2c(C)c[n+]1C.Cc1ccccc1-c1c2ccccc2cc(C)[n+]1C. The first-order valence-corrected chi connectivity index (χ1v) is 40.1. The summed E-state index contributed by atoms with van der Waals surface area (Å²) in [5.74, 6) is 0. The summed E-state index contributed by atoms with van der Waals surface area (Å²) < 4.78 is 13.4. The van der Waals surface area contributed by atoms with Crippen LogP contribution in [0.1, 0.15) is 72.5 Å². The molecule has 6 heterocycles. The quantitative estimate of drug-likeness (QED) is 0.148. The number of hydrogen-bond acceptors (Lipinski definition) is 0. The van der Waals surface area contributed by atoms with Crippen molar-refractivity contribution in [3.8, 4) is 67.5 Å². The predicted octanol–water partition coefficient (Wildman–Crippen LogP) is 24.0. The van der Waals surface area contributed by atoms with E-state index < -0.39 is 0 Å². The molecule has 0 aliphatic rings. The molecule has 0 amide bonds. The van der Waals surface area contributed by atoms with Crippen molar-refractivity contribution in [3.63, 3.8) is 0 Å². The lowest BCUT2D eigenvalue weighted by Crippen LogP contribution is -2.35. The molecule has 0 atom stereocenters. The second kappa shape index (κ2) is 35.4. The second-order valence-electron chi connectivity index (χ2n) is 31.3. The van der Waals surface area contributed by atoms with Gasteiger partial charge < -0.3 is 0 Å². The van der Waals surface area contributed by atoms with Gasteiger partial charge in [-0.15, -0.1) is 0 Å². The van der Waals surface area contributed by atoms with Gasteiger partial charge in [0.1, 0.15) is 42.3 Å². The van der Waals surface area contributed by atoms with Crippen molar-refractivity contribution in [1.82, 2.24) is 0 Å². The Morgan fingerprint density at radius 2 is 0.522 bits per heavy atom. The summed E-state index contributed by atoms with van der Waals surface area (Å²) >= 11 is 0. The molecule has 0 aliphatic carbocycles. The molecule has 0 saturated carbocycles. The van der Waals surface area contributed by atoms with E-state index in [0.717, 1.165) is 0 Å². The van der Waals surface area contributed by atoms with Gasteiger partial charge >= 0.3 is 0 Å². The number of nitrogens with zero attached hydrogens (tertiary/aromatic N) is 6. The van der Waals surface area contributed by atoms with Gasteiger partial charge in [-0.3, -0.25) is 0 Å². The van der Waals surface area contributed by atoms with Crippen LogP contribution in [0.25, 0.3) is 132 Å². The van der Waals surface area contributed by atoms with Crippen molar-refractivity contribution in [2.45, 2.75) is 90.0 Å². The molecule has 0 aliphatic heterocycles. The highest BCUT2D eigenvalue weighted by Crippen LogP contribution is 2.36. The zero-order valence-electron chi connectivity index (χ0n) is 70.8. The van der Waals surface area contributed by atoms with E-state index in [0.29, 0.717) is 0 Å². The summed E-state index contributed by atoms with van der Waals surface area (Å²) in [6.07, 6.45) is 10.8. The molecule has 0 fully saturated rings. The molecule has 0 radical (unpaired) electrons. The van der Waals surface area contributed by atoms with Crippen LogP contribution in [0.4, 0.5) is 0 Å². The van der Waals surface area contributed by atoms with Gasteiger partial charge in [0.15, 0.2) is 36.7 Å². The number of rotatable bonds is 6. The third-order valence-electron chi connectivity index (χ3n) is 22.9. The summed E-state index contributed by atoms with van der Waals surface area (Å²) in [6, 6.07) is 104. The normalized spacial score (nSPS) is 10.9. The van der Waals surface area contributed by atoms with Crippen LogP contribution in [0.2, 0.25) is 0 Å². The maximum absolute atomic E-state index is 2.30. The van der Waals surface area contributed by atoms with E-state index in [9.17, 15) is 0 Å². The minimum absolute atomic E-state index is 1.27. The molecule has 18 aromatic rings. The third kappa shape index (κ3) is 17.4. The Bertz CT molecular complexity index is 6510. The van der Waals surface area contributed by atoms with Crippen molar-refractivity contribution in [2.75, 3.05) is 0 Å². The van der Waals surface area contributed by atoms with E-state index in [1.54, 1.807) is 0 Å². The molecule has 6 heteroatoms. The highest BCUT2D eigenvalue weighted by molar-refractivity contribution is 5.99. The van der Waals surface area contributed by atoms with Crippen LogP contribution in [-0.2, 0) is 42.3 Å². The third-order valence-corrected chi connectivity index (χ3v) is 22.9. The van der Waals surface area contributed by atoms with Gasteiger partial charge in [0.05, 0.1) is 37.9 Å². The smallest absolute Gasteiger partial charge is 0.200 e. The van der Waals surface area contributed by atoms with Gasteiger partial charge in [0, 0.05) is 70.6 Å². The van der Waals surface area contributed by atoms with E-state index in [1.807, 2.05) is 0 Å². The Hall–Kier alpha value is -12.9. The molecule has 0 saturated heterocycles. The van der Waals surface area contributed by atoms with Gasteiger partial charge in [-0.05, 0) is 233 Å². The fourth-order valence-electron chi connectivity index (χ4n) is 16.5. The molecule has 570 valence electrons. The molecule has 0 bridgehead atoms. The van der Waals surface area contributed by atoms with Crippen molar-refractivity contribution in [1.29, 1.82) is 0 Å². The zero-order chi connectivity index (χ0) is 81.3. The lowest BCUT2D eigenvalue weighted by molar-refractivity contribution is -0.665. The fourth-order valence-corrected chi connectivity index (χ4v) is 16.5. The van der Waals surface area contributed by atoms with E-state index >= 15 is 0 Å². The first kappa shape index (κ1) is 80.2. The lowest BCUT2D eigenvalue weighted by Gasteiger charge is -2.11. The lowest BCUT2D eigenvalue weighted by atomic mass is 9.95. The fraction of sp³-hybridized carbons (Fsp3) is 0.174. The van der Waals surface area contributed by atoms with Crippen LogP contribution in [0, 0.1) is 90.0 Å². The number of hydrogen-bond donors (Lipinski definition) is 0. The summed E-state index contributed by atoms with van der Waals surface area (Å²) in [7, 11) is 12.7. The molecular weight excluding hydrogens is 1390 g/mol. The number of benzene rings is 12. The standard InChI is InChI=1S/C19H20N.5C18H18N/c1-13-11-14(2)15(3)18(12-13)19-17-8-6-5-7-16(17)9-10-20(19)4;1-13-8-4-6-10-16(13)18-17-11-7-5-9-15(17)12-14(2)19(18)3;1-13-8-4-5-10-16(13)18-17-11-7-6-9-15(17)14(2)12-19(18)3;1-13-8-6-10-17-15(13)11-12-19(3)18(17)16-9-5-4-7-14(16)2;1-13-8-9-17-15(12-13)10-11-19(3)18(17)16-7-5-4-6-14(16)2;1-13-8-9-15-10-11-19(3)18(17(15)12-13)16-7-5-4-6-14(16)2/h5-12H,1-4H3;5*4-12H,1-3H3/q6*+1. The zero-order valence-corrected chi connectivity index (χ0v) is 70.8. The Kier molecular flexibility index (Phi) is 24.7. The Labute approximate surface area is 682 Å². The Balaban J connectivity index is 0.000000120. The summed E-state index contributed by atoms with van der Waals surface area (Å²) in [5.41, 5.74) is 32.7. The molecular formula is C109H110N6+6. The summed E-state index contributed by atoms with van der Waals surface area (Å²) in [5, 5.41) is 15.7. The van der Waals surface area contributed by atoms with E-state index in [1.165, 1.54) is 205 Å². The van der Waals surface area contributed by atoms with Crippen molar-refractivity contribution >= 4 is 64.6 Å². The average Bonchev–Trinajstić information content (AvgIpc) is 0.931. The molecule has 6 nitrogen and oxygen atoms in total. The number of fused-ring (bicyclic) bond motifs is 6. The number of aromatic nitrogens is 6. The molecule has 18 rings (SSSR count).